The molecule has 0 aliphatic carbocycles. The molecule has 1 aromatic carbocycles. The van der Waals surface area contributed by atoms with Gasteiger partial charge in [-0.15, -0.1) is 0 Å². The van der Waals surface area contributed by atoms with Gasteiger partial charge in [0.15, 0.2) is 6.10 Å². The molecule has 1 heterocycles. The molecule has 8 heteroatoms. The summed E-state index contributed by atoms with van der Waals surface area (Å²) in [5.74, 6) is -3.00. The zero-order valence-electron chi connectivity index (χ0n) is 19.6. The predicted molar refractivity (Wildman–Crippen MR) is 118 cm³/mol. The van der Waals surface area contributed by atoms with Gasteiger partial charge in [0, 0.05) is 0 Å². The zero-order chi connectivity index (χ0) is 24.0. The van der Waals surface area contributed by atoms with Crippen LogP contribution in [0.25, 0.3) is 0 Å². The van der Waals surface area contributed by atoms with Gasteiger partial charge >= 0.3 is 11.9 Å². The topological polar surface area (TPSA) is 111 Å². The van der Waals surface area contributed by atoms with Crippen LogP contribution in [0.15, 0.2) is 30.3 Å². The van der Waals surface area contributed by atoms with Crippen molar-refractivity contribution in [3.8, 4) is 0 Å². The van der Waals surface area contributed by atoms with E-state index in [1.165, 1.54) is 0 Å². The van der Waals surface area contributed by atoms with Crippen molar-refractivity contribution in [2.75, 3.05) is 0 Å². The highest BCUT2D eigenvalue weighted by Gasteiger charge is 2.49. The minimum Gasteiger partial charge on any atom is -0.459 e. The highest BCUT2D eigenvalue weighted by molar-refractivity contribution is 5.97. The molecule has 0 bridgehead atoms. The Morgan fingerprint density at radius 2 is 1.53 bits per heavy atom. The largest absolute Gasteiger partial charge is 0.459 e. The molecule has 1 aromatic rings. The highest BCUT2D eigenvalue weighted by Crippen LogP contribution is 2.29. The van der Waals surface area contributed by atoms with E-state index in [1.807, 2.05) is 44.2 Å². The molecule has 4 atom stereocenters. The molecular formula is C24H34N2O6. The van der Waals surface area contributed by atoms with Crippen molar-refractivity contribution < 1.29 is 28.7 Å². The Labute approximate surface area is 189 Å². The fourth-order valence-corrected chi connectivity index (χ4v) is 3.50. The van der Waals surface area contributed by atoms with Gasteiger partial charge in [0.1, 0.15) is 24.6 Å². The highest BCUT2D eigenvalue weighted by atomic mass is 16.6. The zero-order valence-corrected chi connectivity index (χ0v) is 19.6. The summed E-state index contributed by atoms with van der Waals surface area (Å²) in [5.41, 5.74) is 0.844. The van der Waals surface area contributed by atoms with Gasteiger partial charge < -0.3 is 20.1 Å². The van der Waals surface area contributed by atoms with Crippen molar-refractivity contribution >= 4 is 23.8 Å². The molecule has 176 valence electrons. The molecule has 8 nitrogen and oxygen atoms in total. The molecule has 0 saturated carbocycles. The summed E-state index contributed by atoms with van der Waals surface area (Å²) in [6.45, 7) is 11.0. The van der Waals surface area contributed by atoms with Crippen LogP contribution in [0.1, 0.15) is 47.1 Å². The van der Waals surface area contributed by atoms with Crippen LogP contribution in [0, 0.1) is 23.7 Å². The number of carbonyl (C=O) groups is 4. The van der Waals surface area contributed by atoms with Gasteiger partial charge in [-0.3, -0.25) is 14.4 Å². The summed E-state index contributed by atoms with van der Waals surface area (Å²) < 4.78 is 10.4. The lowest BCUT2D eigenvalue weighted by Gasteiger charge is -2.37. The van der Waals surface area contributed by atoms with Crippen LogP contribution in [0.2, 0.25) is 0 Å². The monoisotopic (exact) mass is 446 g/mol. The first kappa shape index (κ1) is 25.4. The number of nitrogens with one attached hydrogen (secondary N) is 2. The molecule has 0 aromatic heterocycles. The lowest BCUT2D eigenvalue weighted by molar-refractivity contribution is -0.193. The van der Waals surface area contributed by atoms with E-state index in [9.17, 15) is 19.2 Å². The normalized spacial score (nSPS) is 19.7. The molecule has 32 heavy (non-hydrogen) atoms. The average Bonchev–Trinajstić information content (AvgIpc) is 2.71. The van der Waals surface area contributed by atoms with Gasteiger partial charge in [-0.25, -0.2) is 4.79 Å². The van der Waals surface area contributed by atoms with E-state index in [-0.39, 0.29) is 24.4 Å². The molecule has 1 aliphatic rings. The Morgan fingerprint density at radius 3 is 2.03 bits per heavy atom. The third-order valence-electron chi connectivity index (χ3n) is 5.51. The number of hydrogen-bond donors (Lipinski definition) is 2. The third kappa shape index (κ3) is 6.31. The molecule has 2 N–H and O–H groups in total. The maximum Gasteiger partial charge on any atom is 0.329 e. The second kappa shape index (κ2) is 11.1. The van der Waals surface area contributed by atoms with Crippen molar-refractivity contribution in [1.29, 1.82) is 0 Å². The first-order valence-electron chi connectivity index (χ1n) is 11.0. The lowest BCUT2D eigenvalue weighted by atomic mass is 9.85. The van der Waals surface area contributed by atoms with Crippen molar-refractivity contribution in [1.82, 2.24) is 10.6 Å². The molecule has 0 spiro atoms. The summed E-state index contributed by atoms with van der Waals surface area (Å²) in [6.07, 6.45) is -0.909. The number of rotatable bonds is 10. The fourth-order valence-electron chi connectivity index (χ4n) is 3.50. The van der Waals surface area contributed by atoms with Crippen LogP contribution in [-0.2, 0) is 35.3 Å². The average molecular weight is 447 g/mol. The number of esters is 2. The van der Waals surface area contributed by atoms with Crippen molar-refractivity contribution in [2.45, 2.75) is 66.3 Å². The molecule has 0 radical (unpaired) electrons. The number of carbonyl (C=O) groups excluding carboxylic acids is 4. The van der Waals surface area contributed by atoms with E-state index in [4.69, 9.17) is 9.47 Å². The minimum atomic E-state index is -0.909. The molecule has 2 rings (SSSR count). The standard InChI is InChI=1S/C24H34N2O6/c1-13(2)17-20(32-23(17)29)22(28)25-18(14(3)4)21(27)26-19(15(5)6)24(30)31-12-16-10-8-7-9-11-16/h7-11,13-15,17-20H,12H2,1-6H3,(H,25,28)(H,26,27)/t17-,18-,19-,20+/m0/s1. The van der Waals surface area contributed by atoms with Crippen molar-refractivity contribution in [2.24, 2.45) is 23.7 Å². The van der Waals surface area contributed by atoms with Crippen LogP contribution in [0.4, 0.5) is 0 Å². The number of ether oxygens (including phenoxy) is 2. The summed E-state index contributed by atoms with van der Waals surface area (Å²) >= 11 is 0. The van der Waals surface area contributed by atoms with E-state index in [0.29, 0.717) is 0 Å². The number of benzene rings is 1. The molecule has 1 saturated heterocycles. The van der Waals surface area contributed by atoms with E-state index in [0.717, 1.165) is 5.56 Å². The second-order valence-corrected chi connectivity index (χ2v) is 9.18. The van der Waals surface area contributed by atoms with Crippen LogP contribution in [-0.4, -0.2) is 41.9 Å². The maximum atomic E-state index is 13.0. The first-order valence-corrected chi connectivity index (χ1v) is 11.0. The summed E-state index contributed by atoms with van der Waals surface area (Å²) in [7, 11) is 0. The SMILES string of the molecule is CC(C)[C@H](NC(=O)[C@@H]1OC(=O)[C@H]1C(C)C)C(=O)N[C@H](C(=O)OCc1ccccc1)C(C)C. The lowest BCUT2D eigenvalue weighted by Crippen LogP contribution is -2.61. The summed E-state index contributed by atoms with van der Waals surface area (Å²) in [4.78, 5) is 50.0. The van der Waals surface area contributed by atoms with Crippen LogP contribution >= 0.6 is 0 Å². The van der Waals surface area contributed by atoms with E-state index in [2.05, 4.69) is 10.6 Å². The Balaban J connectivity index is 2.01. The minimum absolute atomic E-state index is 0.0527. The van der Waals surface area contributed by atoms with Crippen molar-refractivity contribution in [3.63, 3.8) is 0 Å². The first-order chi connectivity index (χ1) is 15.0. The Bertz CT molecular complexity index is 821. The fraction of sp³-hybridized carbons (Fsp3) is 0.583. The Hall–Kier alpha value is -2.90. The number of cyclic esters (lactones) is 1. The molecule has 1 fully saturated rings. The Morgan fingerprint density at radius 1 is 0.938 bits per heavy atom. The van der Waals surface area contributed by atoms with Crippen LogP contribution < -0.4 is 10.6 Å². The molecule has 2 amide bonds. The van der Waals surface area contributed by atoms with Gasteiger partial charge in [-0.05, 0) is 23.3 Å². The smallest absolute Gasteiger partial charge is 0.329 e. The molecule has 1 aliphatic heterocycles. The van der Waals surface area contributed by atoms with Crippen LogP contribution in [0.5, 0.6) is 0 Å². The number of hydrogen-bond acceptors (Lipinski definition) is 6. The second-order valence-electron chi connectivity index (χ2n) is 9.18. The summed E-state index contributed by atoms with van der Waals surface area (Å²) in [6, 6.07) is 7.51. The summed E-state index contributed by atoms with van der Waals surface area (Å²) in [5, 5.41) is 5.41. The third-order valence-corrected chi connectivity index (χ3v) is 5.51. The van der Waals surface area contributed by atoms with Gasteiger partial charge in [0.25, 0.3) is 5.91 Å². The van der Waals surface area contributed by atoms with E-state index >= 15 is 0 Å². The van der Waals surface area contributed by atoms with Gasteiger partial charge in [-0.2, -0.15) is 0 Å². The van der Waals surface area contributed by atoms with Crippen LogP contribution in [0.3, 0.4) is 0 Å². The number of amides is 2. The Kier molecular flexibility index (Phi) is 8.80. The predicted octanol–water partition coefficient (Wildman–Crippen LogP) is 2.21. The van der Waals surface area contributed by atoms with Gasteiger partial charge in [-0.1, -0.05) is 71.9 Å². The maximum absolute atomic E-state index is 13.0. The van der Waals surface area contributed by atoms with E-state index < -0.39 is 47.9 Å². The van der Waals surface area contributed by atoms with Gasteiger partial charge in [0.2, 0.25) is 5.91 Å². The van der Waals surface area contributed by atoms with E-state index in [1.54, 1.807) is 27.7 Å². The molecular weight excluding hydrogens is 412 g/mol. The van der Waals surface area contributed by atoms with Gasteiger partial charge in [0.05, 0.1) is 0 Å². The quantitative estimate of drug-likeness (QED) is 0.533. The van der Waals surface area contributed by atoms with Crippen molar-refractivity contribution in [3.05, 3.63) is 35.9 Å². The molecule has 0 unspecified atom stereocenters.